The number of hydrogen-bond acceptors (Lipinski definition) is 13. The summed E-state index contributed by atoms with van der Waals surface area (Å²) in [7, 11) is 1.92. The van der Waals surface area contributed by atoms with Crippen LogP contribution in [0.5, 0.6) is 0 Å². The SMILES string of the molecule is CC[C@H]1OC(=O)[C@H](C)[C@@H](O)[C@H](C)[C@H](OC2O[C@H](C)C[C@H](N(C)CCCOCc3cccnc3)[C@@H]2O)[C@](C)(O)C[C@H](C)[C@H](O)[C@H](C)[C@@H](O)[C@]1(C)O. The summed E-state index contributed by atoms with van der Waals surface area (Å²) in [5, 5.41) is 69.1. The molecule has 0 radical (unpaired) electrons. The van der Waals surface area contributed by atoms with Crippen LogP contribution in [0, 0.1) is 23.7 Å². The molecule has 2 fully saturated rings. The monoisotopic (exact) mass is 712 g/mol. The average Bonchev–Trinajstić information content (AvgIpc) is 3.07. The van der Waals surface area contributed by atoms with Gasteiger partial charge in [-0.1, -0.05) is 33.8 Å². The van der Waals surface area contributed by atoms with Gasteiger partial charge in [0.05, 0.1) is 48.6 Å². The predicted octanol–water partition coefficient (Wildman–Crippen LogP) is 2.02. The van der Waals surface area contributed by atoms with Crippen LogP contribution in [0.2, 0.25) is 0 Å². The van der Waals surface area contributed by atoms with Crippen LogP contribution >= 0.6 is 0 Å². The van der Waals surface area contributed by atoms with Crippen molar-refractivity contribution >= 4 is 5.97 Å². The Bertz CT molecular complexity index is 1170. The molecule has 3 heterocycles. The van der Waals surface area contributed by atoms with Gasteiger partial charge in [-0.3, -0.25) is 9.78 Å². The van der Waals surface area contributed by atoms with Crippen molar-refractivity contribution in [3.8, 4) is 0 Å². The van der Waals surface area contributed by atoms with E-state index in [4.69, 9.17) is 18.9 Å². The van der Waals surface area contributed by atoms with Gasteiger partial charge in [0.2, 0.25) is 0 Å². The largest absolute Gasteiger partial charge is 0.459 e. The smallest absolute Gasteiger partial charge is 0.311 e. The number of cyclic esters (lactones) is 1. The molecule has 288 valence electrons. The van der Waals surface area contributed by atoms with Gasteiger partial charge in [0.15, 0.2) is 6.29 Å². The maximum absolute atomic E-state index is 13.4. The highest BCUT2D eigenvalue weighted by atomic mass is 16.7. The fraction of sp³-hybridized carbons (Fsp3) is 0.838. The minimum absolute atomic E-state index is 0.0358. The van der Waals surface area contributed by atoms with Gasteiger partial charge >= 0.3 is 5.97 Å². The van der Waals surface area contributed by atoms with E-state index in [1.54, 1.807) is 40.1 Å². The Kier molecular flexibility index (Phi) is 15.6. The Hall–Kier alpha value is -1.78. The summed E-state index contributed by atoms with van der Waals surface area (Å²) in [5.74, 6) is -4.27. The second-order valence-corrected chi connectivity index (χ2v) is 15.4. The second-order valence-electron chi connectivity index (χ2n) is 15.4. The van der Waals surface area contributed by atoms with Crippen molar-refractivity contribution in [1.29, 1.82) is 0 Å². The van der Waals surface area contributed by atoms with Crippen LogP contribution in [0.1, 0.15) is 86.6 Å². The third-order valence-electron chi connectivity index (χ3n) is 11.0. The molecule has 13 nitrogen and oxygen atoms in total. The minimum Gasteiger partial charge on any atom is -0.459 e. The molecule has 15 atom stereocenters. The van der Waals surface area contributed by atoms with E-state index >= 15 is 0 Å². The quantitative estimate of drug-likeness (QED) is 0.153. The topological polar surface area (TPSA) is 191 Å². The van der Waals surface area contributed by atoms with Crippen LogP contribution in [0.25, 0.3) is 0 Å². The van der Waals surface area contributed by atoms with Crippen molar-refractivity contribution in [2.24, 2.45) is 23.7 Å². The highest BCUT2D eigenvalue weighted by molar-refractivity contribution is 5.73. The van der Waals surface area contributed by atoms with Crippen molar-refractivity contribution in [1.82, 2.24) is 9.88 Å². The lowest BCUT2D eigenvalue weighted by atomic mass is 9.73. The van der Waals surface area contributed by atoms with Gasteiger partial charge in [0.1, 0.15) is 17.8 Å². The lowest BCUT2D eigenvalue weighted by molar-refractivity contribution is -0.300. The van der Waals surface area contributed by atoms with Gasteiger partial charge < -0.3 is 54.5 Å². The van der Waals surface area contributed by atoms with Crippen molar-refractivity contribution in [3.63, 3.8) is 0 Å². The molecule has 2 aliphatic rings. The van der Waals surface area contributed by atoms with Gasteiger partial charge in [0.25, 0.3) is 0 Å². The molecular weight excluding hydrogens is 648 g/mol. The highest BCUT2D eigenvalue weighted by Gasteiger charge is 2.51. The van der Waals surface area contributed by atoms with Crippen molar-refractivity contribution in [3.05, 3.63) is 30.1 Å². The highest BCUT2D eigenvalue weighted by Crippen LogP contribution is 2.38. The third-order valence-corrected chi connectivity index (χ3v) is 11.0. The summed E-state index contributed by atoms with van der Waals surface area (Å²) in [4.78, 5) is 19.5. The van der Waals surface area contributed by atoms with Crippen LogP contribution in [0.15, 0.2) is 24.5 Å². The van der Waals surface area contributed by atoms with Gasteiger partial charge in [-0.25, -0.2) is 0 Å². The number of aromatic nitrogens is 1. The summed E-state index contributed by atoms with van der Waals surface area (Å²) in [6, 6.07) is 3.47. The Balaban J connectivity index is 1.82. The normalized spacial score (nSPS) is 42.6. The predicted molar refractivity (Wildman–Crippen MR) is 185 cm³/mol. The zero-order valence-corrected chi connectivity index (χ0v) is 31.4. The van der Waals surface area contributed by atoms with E-state index in [-0.39, 0.29) is 25.0 Å². The number of esters is 1. The number of aliphatic hydroxyl groups is 6. The maximum Gasteiger partial charge on any atom is 0.311 e. The molecule has 6 N–H and O–H groups in total. The number of aliphatic hydroxyl groups excluding tert-OH is 4. The van der Waals surface area contributed by atoms with Crippen LogP contribution in [0.3, 0.4) is 0 Å². The lowest BCUT2D eigenvalue weighted by Gasteiger charge is -2.48. The molecule has 0 bridgehead atoms. The molecule has 0 aliphatic carbocycles. The molecule has 1 unspecified atom stereocenters. The summed E-state index contributed by atoms with van der Waals surface area (Å²) in [6.45, 7) is 14.5. The summed E-state index contributed by atoms with van der Waals surface area (Å²) in [5.41, 5.74) is -2.63. The van der Waals surface area contributed by atoms with E-state index < -0.39 is 83.8 Å². The number of carbonyl (C=O) groups is 1. The average molecular weight is 713 g/mol. The molecule has 1 aromatic heterocycles. The number of nitrogens with zero attached hydrogens (tertiary/aromatic N) is 2. The zero-order valence-electron chi connectivity index (χ0n) is 31.4. The maximum atomic E-state index is 13.4. The molecule has 0 aromatic carbocycles. The van der Waals surface area contributed by atoms with Gasteiger partial charge in [-0.2, -0.15) is 0 Å². The molecule has 2 aliphatic heterocycles. The van der Waals surface area contributed by atoms with Crippen LogP contribution in [-0.4, -0.2) is 133 Å². The first kappa shape index (κ1) is 42.6. The molecule has 0 spiro atoms. The Morgan fingerprint density at radius 3 is 2.32 bits per heavy atom. The van der Waals surface area contributed by atoms with E-state index in [0.29, 0.717) is 26.2 Å². The van der Waals surface area contributed by atoms with E-state index in [9.17, 15) is 35.4 Å². The van der Waals surface area contributed by atoms with Gasteiger partial charge in [-0.15, -0.1) is 0 Å². The van der Waals surface area contributed by atoms with Crippen LogP contribution in [-0.2, 0) is 30.3 Å². The molecule has 1 aromatic rings. The molecule has 50 heavy (non-hydrogen) atoms. The first-order valence-electron chi connectivity index (χ1n) is 18.2. The van der Waals surface area contributed by atoms with Gasteiger partial charge in [0, 0.05) is 43.4 Å². The first-order valence-corrected chi connectivity index (χ1v) is 18.2. The summed E-state index contributed by atoms with van der Waals surface area (Å²) < 4.78 is 24.1. The van der Waals surface area contributed by atoms with Crippen molar-refractivity contribution in [2.75, 3.05) is 20.2 Å². The van der Waals surface area contributed by atoms with E-state index in [0.717, 1.165) is 12.0 Å². The zero-order chi connectivity index (χ0) is 37.6. The molecule has 0 amide bonds. The fourth-order valence-corrected chi connectivity index (χ4v) is 7.77. The van der Waals surface area contributed by atoms with E-state index in [2.05, 4.69) is 4.98 Å². The summed E-state index contributed by atoms with van der Waals surface area (Å²) >= 11 is 0. The van der Waals surface area contributed by atoms with Crippen LogP contribution in [0.4, 0.5) is 0 Å². The fourth-order valence-electron chi connectivity index (χ4n) is 7.77. The third kappa shape index (κ3) is 10.4. The molecule has 13 heteroatoms. The Labute approximate surface area is 297 Å². The standard InChI is InChI=1S/C37H64N2O11/c1-10-28-37(8,46)32(43)23(4)29(40)21(2)18-36(7,45)33(24(5)30(41)25(6)34(44)49-28)50-35-31(42)27(17-22(3)48-35)39(9)15-12-16-47-20-26-13-11-14-38-19-26/h11,13-14,19,21-25,27-33,35,40-43,45-46H,10,12,15-18,20H2,1-9H3/t21-,22+,23-,24-,25+,27-,28+,29-,30-,31-,32+,33-,35?,36+,37+/m0/s1. The molecular formula is C37H64N2O11. The summed E-state index contributed by atoms with van der Waals surface area (Å²) in [6.07, 6.45) is -4.07. The molecule has 3 rings (SSSR count). The number of pyridine rings is 1. The minimum atomic E-state index is -1.90. The first-order chi connectivity index (χ1) is 23.3. The number of rotatable bonds is 10. The van der Waals surface area contributed by atoms with Crippen LogP contribution < -0.4 is 0 Å². The van der Waals surface area contributed by atoms with E-state index in [1.807, 2.05) is 31.0 Å². The van der Waals surface area contributed by atoms with E-state index in [1.165, 1.54) is 20.8 Å². The van der Waals surface area contributed by atoms with Crippen molar-refractivity contribution < 1.29 is 54.4 Å². The number of carbonyl (C=O) groups excluding carboxylic acids is 1. The van der Waals surface area contributed by atoms with Crippen molar-refractivity contribution in [2.45, 2.75) is 154 Å². The molecule has 0 saturated carbocycles. The number of likely N-dealkylation sites (N-methyl/N-ethyl adjacent to an activating group) is 1. The second kappa shape index (κ2) is 18.3. The number of hydrogen-bond donors (Lipinski definition) is 6. The number of ether oxygens (including phenoxy) is 4. The lowest BCUT2D eigenvalue weighted by Crippen LogP contribution is -2.60. The Morgan fingerprint density at radius 2 is 1.70 bits per heavy atom. The van der Waals surface area contributed by atoms with Gasteiger partial charge in [-0.05, 0) is 78.0 Å². The Morgan fingerprint density at radius 1 is 1.02 bits per heavy atom. The molecule has 2 saturated heterocycles.